The van der Waals surface area contributed by atoms with Crippen LogP contribution in [0.3, 0.4) is 0 Å². The summed E-state index contributed by atoms with van der Waals surface area (Å²) >= 11 is 0. The zero-order valence-corrected chi connectivity index (χ0v) is 11.9. The molecular weight excluding hydrogens is 218 g/mol. The van der Waals surface area contributed by atoms with E-state index < -0.39 is 0 Å². The van der Waals surface area contributed by atoms with Crippen LogP contribution in [-0.2, 0) is 0 Å². The van der Waals surface area contributed by atoms with Crippen LogP contribution in [0.1, 0.15) is 38.3 Å². The number of rotatable bonds is 5. The Morgan fingerprint density at radius 3 is 2.44 bits per heavy atom. The van der Waals surface area contributed by atoms with Gasteiger partial charge in [-0.2, -0.15) is 0 Å². The molecule has 0 fully saturated rings. The van der Waals surface area contributed by atoms with E-state index in [4.69, 9.17) is 0 Å². The summed E-state index contributed by atoms with van der Waals surface area (Å²) in [4.78, 5) is 4.51. The first kappa shape index (κ1) is 14.4. The van der Waals surface area contributed by atoms with E-state index in [1.165, 1.54) is 16.7 Å². The topological polar surface area (TPSA) is 12.4 Å². The summed E-state index contributed by atoms with van der Waals surface area (Å²) in [7, 11) is 0. The molecule has 0 amide bonds. The van der Waals surface area contributed by atoms with Crippen molar-refractivity contribution in [2.24, 2.45) is 4.99 Å². The van der Waals surface area contributed by atoms with E-state index in [0.29, 0.717) is 0 Å². The molecule has 0 bridgehead atoms. The van der Waals surface area contributed by atoms with Gasteiger partial charge in [-0.1, -0.05) is 48.9 Å². The van der Waals surface area contributed by atoms with Crippen molar-refractivity contribution in [1.82, 2.24) is 0 Å². The van der Waals surface area contributed by atoms with E-state index in [2.05, 4.69) is 68.3 Å². The van der Waals surface area contributed by atoms with Gasteiger partial charge in [0.05, 0.1) is 0 Å². The second-order valence-electron chi connectivity index (χ2n) is 4.49. The van der Waals surface area contributed by atoms with E-state index in [9.17, 15) is 0 Å². The summed E-state index contributed by atoms with van der Waals surface area (Å²) in [5, 5.41) is 0. The van der Waals surface area contributed by atoms with Gasteiger partial charge in [0.1, 0.15) is 0 Å². The third kappa shape index (κ3) is 4.70. The van der Waals surface area contributed by atoms with Crippen molar-refractivity contribution in [2.75, 3.05) is 6.54 Å². The highest BCUT2D eigenvalue weighted by Gasteiger charge is 1.98. The van der Waals surface area contributed by atoms with Crippen molar-refractivity contribution in [2.45, 2.75) is 34.1 Å². The number of aryl methyl sites for hydroxylation is 1. The molecule has 1 aromatic rings. The molecule has 0 saturated heterocycles. The monoisotopic (exact) mass is 241 g/mol. The Labute approximate surface area is 111 Å². The van der Waals surface area contributed by atoms with Crippen LogP contribution in [0, 0.1) is 6.92 Å². The molecule has 96 valence electrons. The molecule has 1 nitrogen and oxygen atoms in total. The van der Waals surface area contributed by atoms with Crippen LogP contribution in [0.15, 0.2) is 47.5 Å². The lowest BCUT2D eigenvalue weighted by atomic mass is 10.0. The number of aliphatic imine (C=N–C) groups is 1. The molecule has 1 rings (SSSR count). The fraction of sp³-hybridized carbons (Fsp3) is 0.353. The highest BCUT2D eigenvalue weighted by molar-refractivity contribution is 6.01. The van der Waals surface area contributed by atoms with Crippen LogP contribution < -0.4 is 0 Å². The Balaban J connectivity index is 3.02. The van der Waals surface area contributed by atoms with Crippen molar-refractivity contribution in [3.63, 3.8) is 0 Å². The number of hydrogen-bond donors (Lipinski definition) is 0. The average Bonchev–Trinajstić information content (AvgIpc) is 2.37. The molecule has 0 aromatic heterocycles. The smallest absolute Gasteiger partial charge is 0.0389 e. The molecule has 0 aliphatic heterocycles. The predicted molar refractivity (Wildman–Crippen MR) is 82.2 cm³/mol. The Morgan fingerprint density at radius 1 is 1.22 bits per heavy atom. The Morgan fingerprint density at radius 2 is 1.89 bits per heavy atom. The van der Waals surface area contributed by atoms with Crippen molar-refractivity contribution in [1.29, 1.82) is 0 Å². The van der Waals surface area contributed by atoms with Crippen LogP contribution in [-0.4, -0.2) is 12.3 Å². The lowest BCUT2D eigenvalue weighted by molar-refractivity contribution is 0.932. The molecule has 0 heterocycles. The predicted octanol–water partition coefficient (Wildman–Crippen LogP) is 4.83. The molecule has 0 aliphatic rings. The molecule has 18 heavy (non-hydrogen) atoms. The van der Waals surface area contributed by atoms with Gasteiger partial charge in [0.2, 0.25) is 0 Å². The fourth-order valence-corrected chi connectivity index (χ4v) is 1.71. The third-order valence-electron chi connectivity index (χ3n) is 2.68. The third-order valence-corrected chi connectivity index (χ3v) is 2.68. The zero-order valence-electron chi connectivity index (χ0n) is 11.9. The number of allylic oxidation sites excluding steroid dienone is 4. The second kappa shape index (κ2) is 7.65. The van der Waals surface area contributed by atoms with Crippen LogP contribution in [0.2, 0.25) is 0 Å². The lowest BCUT2D eigenvalue weighted by Crippen LogP contribution is -1.91. The molecule has 0 atom stereocenters. The van der Waals surface area contributed by atoms with E-state index in [1.54, 1.807) is 0 Å². The molecular formula is C17H23N. The SMILES string of the molecule is C/C=C\C(=C/C(C)=NCCC)c1ccc(C)cc1. The standard InChI is InChI=1S/C17H23N/c1-5-7-17(13-15(4)18-12-6-2)16-10-8-14(3)9-11-16/h5,7-11,13H,6,12H2,1-4H3/b7-5-,17-13+,18-15?. The van der Waals surface area contributed by atoms with Gasteiger partial charge in [0, 0.05) is 12.3 Å². The second-order valence-corrected chi connectivity index (χ2v) is 4.49. The Hall–Kier alpha value is -1.63. The molecule has 0 N–H and O–H groups in total. The summed E-state index contributed by atoms with van der Waals surface area (Å²) in [6.07, 6.45) is 7.45. The summed E-state index contributed by atoms with van der Waals surface area (Å²) in [6.45, 7) is 9.26. The maximum Gasteiger partial charge on any atom is 0.0389 e. The summed E-state index contributed by atoms with van der Waals surface area (Å²) in [6, 6.07) is 8.61. The van der Waals surface area contributed by atoms with Gasteiger partial charge in [-0.05, 0) is 44.4 Å². The quantitative estimate of drug-likeness (QED) is 0.517. The van der Waals surface area contributed by atoms with Crippen LogP contribution in [0.5, 0.6) is 0 Å². The van der Waals surface area contributed by atoms with Gasteiger partial charge in [-0.3, -0.25) is 4.99 Å². The number of benzene rings is 1. The van der Waals surface area contributed by atoms with Crippen LogP contribution in [0.25, 0.3) is 5.57 Å². The van der Waals surface area contributed by atoms with Crippen molar-refractivity contribution < 1.29 is 0 Å². The number of hydrogen-bond acceptors (Lipinski definition) is 1. The zero-order chi connectivity index (χ0) is 13.4. The van der Waals surface area contributed by atoms with Gasteiger partial charge >= 0.3 is 0 Å². The van der Waals surface area contributed by atoms with Gasteiger partial charge < -0.3 is 0 Å². The minimum absolute atomic E-state index is 0.902. The van der Waals surface area contributed by atoms with Crippen molar-refractivity contribution >= 4 is 11.3 Å². The van der Waals surface area contributed by atoms with Gasteiger partial charge in [0.25, 0.3) is 0 Å². The minimum atomic E-state index is 0.902. The molecule has 0 aliphatic carbocycles. The van der Waals surface area contributed by atoms with Gasteiger partial charge in [-0.25, -0.2) is 0 Å². The maximum absolute atomic E-state index is 4.51. The average molecular weight is 241 g/mol. The highest BCUT2D eigenvalue weighted by Crippen LogP contribution is 2.17. The summed E-state index contributed by atoms with van der Waals surface area (Å²) in [5.74, 6) is 0. The largest absolute Gasteiger partial charge is 0.290 e. The first-order valence-electron chi connectivity index (χ1n) is 6.60. The van der Waals surface area contributed by atoms with Gasteiger partial charge in [-0.15, -0.1) is 0 Å². The fourth-order valence-electron chi connectivity index (χ4n) is 1.71. The van der Waals surface area contributed by atoms with Crippen molar-refractivity contribution in [3.05, 3.63) is 53.6 Å². The normalized spacial score (nSPS) is 13.3. The summed E-state index contributed by atoms with van der Waals surface area (Å²) in [5.41, 5.74) is 4.83. The highest BCUT2D eigenvalue weighted by atomic mass is 14.7. The first-order valence-corrected chi connectivity index (χ1v) is 6.60. The molecule has 1 heteroatoms. The molecule has 0 spiro atoms. The maximum atomic E-state index is 4.51. The van der Waals surface area contributed by atoms with E-state index in [0.717, 1.165) is 18.7 Å². The van der Waals surface area contributed by atoms with E-state index in [1.807, 2.05) is 6.92 Å². The molecule has 0 radical (unpaired) electrons. The van der Waals surface area contributed by atoms with E-state index >= 15 is 0 Å². The van der Waals surface area contributed by atoms with Crippen LogP contribution in [0.4, 0.5) is 0 Å². The first-order chi connectivity index (χ1) is 8.67. The van der Waals surface area contributed by atoms with Crippen molar-refractivity contribution in [3.8, 4) is 0 Å². The van der Waals surface area contributed by atoms with Crippen LogP contribution >= 0.6 is 0 Å². The Kier molecular flexibility index (Phi) is 6.13. The summed E-state index contributed by atoms with van der Waals surface area (Å²) < 4.78 is 0. The lowest BCUT2D eigenvalue weighted by Gasteiger charge is -2.04. The molecule has 1 aromatic carbocycles. The Bertz CT molecular complexity index is 447. The van der Waals surface area contributed by atoms with E-state index in [-0.39, 0.29) is 0 Å². The number of nitrogens with zero attached hydrogens (tertiary/aromatic N) is 1. The minimum Gasteiger partial charge on any atom is -0.290 e. The van der Waals surface area contributed by atoms with Gasteiger partial charge in [0.15, 0.2) is 0 Å². The molecule has 0 saturated carbocycles. The molecule has 0 unspecified atom stereocenters.